The number of nitrogens with one attached hydrogen (secondary N) is 1. The van der Waals surface area contributed by atoms with E-state index in [1.54, 1.807) is 18.2 Å². The molecule has 1 saturated heterocycles. The number of rotatable bonds is 6. The molecule has 0 aliphatic carbocycles. The van der Waals surface area contributed by atoms with E-state index in [-0.39, 0.29) is 0 Å². The summed E-state index contributed by atoms with van der Waals surface area (Å²) in [6.45, 7) is 6.28. The predicted molar refractivity (Wildman–Crippen MR) is 117 cm³/mol. The topological polar surface area (TPSA) is 63.3 Å². The van der Waals surface area contributed by atoms with Crippen molar-refractivity contribution in [3.8, 4) is 11.5 Å². The van der Waals surface area contributed by atoms with Crippen molar-refractivity contribution in [3.63, 3.8) is 0 Å². The zero-order valence-electron chi connectivity index (χ0n) is 16.8. The van der Waals surface area contributed by atoms with Crippen LogP contribution < -0.4 is 19.7 Å². The van der Waals surface area contributed by atoms with E-state index in [1.807, 2.05) is 12.1 Å². The van der Waals surface area contributed by atoms with Crippen LogP contribution in [0.2, 0.25) is 5.02 Å². The molecule has 1 N–H and O–H groups in total. The van der Waals surface area contributed by atoms with Gasteiger partial charge >= 0.3 is 6.09 Å². The molecule has 2 aromatic carbocycles. The summed E-state index contributed by atoms with van der Waals surface area (Å²) >= 11 is 5.96. The number of ether oxygens (including phenoxy) is 3. The molecule has 1 fully saturated rings. The highest BCUT2D eigenvalue weighted by atomic mass is 35.5. The highest BCUT2D eigenvalue weighted by Gasteiger charge is 2.17. The second kappa shape index (κ2) is 9.91. The third-order valence-electron chi connectivity index (χ3n) is 5.20. The van der Waals surface area contributed by atoms with E-state index in [9.17, 15) is 4.79 Å². The molecule has 2 heterocycles. The molecule has 0 spiro atoms. The van der Waals surface area contributed by atoms with Crippen LogP contribution in [0.15, 0.2) is 42.5 Å². The Hall–Kier alpha value is -2.64. The van der Waals surface area contributed by atoms with E-state index < -0.39 is 6.09 Å². The number of halogens is 1. The fraction of sp³-hybridized carbons (Fsp3) is 0.409. The van der Waals surface area contributed by atoms with Crippen molar-refractivity contribution in [2.75, 3.05) is 62.8 Å². The van der Waals surface area contributed by atoms with Crippen LogP contribution in [-0.4, -0.2) is 63.5 Å². The zero-order chi connectivity index (χ0) is 20.8. The standard InChI is InChI=1S/C22H26ClN3O4/c23-17-2-5-19(6-3-17)26-11-9-25(10-12-26)8-1-13-30-22(27)24-18-4-7-20-21(16-18)29-15-14-28-20/h2-7,16H,1,8-15H2,(H,24,27). The predicted octanol–water partition coefficient (Wildman–Crippen LogP) is 3.87. The summed E-state index contributed by atoms with van der Waals surface area (Å²) in [5.74, 6) is 1.33. The number of amides is 1. The van der Waals surface area contributed by atoms with Crippen LogP contribution in [-0.2, 0) is 4.74 Å². The van der Waals surface area contributed by atoms with Crippen molar-refractivity contribution < 1.29 is 19.0 Å². The molecular formula is C22H26ClN3O4. The SMILES string of the molecule is O=C(Nc1ccc2c(c1)OCCO2)OCCCN1CCN(c2ccc(Cl)cc2)CC1. The molecule has 7 nitrogen and oxygen atoms in total. The molecule has 160 valence electrons. The Morgan fingerprint density at radius 1 is 1.00 bits per heavy atom. The largest absolute Gasteiger partial charge is 0.486 e. The molecule has 0 bridgehead atoms. The van der Waals surface area contributed by atoms with Gasteiger partial charge in [0.2, 0.25) is 0 Å². The molecule has 0 saturated carbocycles. The summed E-state index contributed by atoms with van der Waals surface area (Å²) in [5, 5.41) is 3.49. The van der Waals surface area contributed by atoms with Crippen LogP contribution >= 0.6 is 11.6 Å². The first kappa shape index (κ1) is 20.6. The molecule has 1 amide bonds. The quantitative estimate of drug-likeness (QED) is 0.700. The van der Waals surface area contributed by atoms with E-state index in [4.69, 9.17) is 25.8 Å². The first-order chi connectivity index (χ1) is 14.7. The number of piperazine rings is 1. The Bertz CT molecular complexity index is 854. The number of carbonyl (C=O) groups is 1. The number of hydrogen-bond acceptors (Lipinski definition) is 6. The Morgan fingerprint density at radius 2 is 1.73 bits per heavy atom. The number of nitrogens with zero attached hydrogens (tertiary/aromatic N) is 2. The summed E-state index contributed by atoms with van der Waals surface area (Å²) in [7, 11) is 0. The first-order valence-corrected chi connectivity index (χ1v) is 10.6. The lowest BCUT2D eigenvalue weighted by Gasteiger charge is -2.36. The van der Waals surface area contributed by atoms with Gasteiger partial charge < -0.3 is 19.1 Å². The van der Waals surface area contributed by atoms with Crippen LogP contribution in [0.25, 0.3) is 0 Å². The second-order valence-electron chi connectivity index (χ2n) is 7.28. The van der Waals surface area contributed by atoms with Gasteiger partial charge in [-0.15, -0.1) is 0 Å². The van der Waals surface area contributed by atoms with Gasteiger partial charge in [-0.05, 0) is 42.8 Å². The van der Waals surface area contributed by atoms with Gasteiger partial charge in [0.05, 0.1) is 6.61 Å². The van der Waals surface area contributed by atoms with Gasteiger partial charge in [-0.25, -0.2) is 4.79 Å². The zero-order valence-corrected chi connectivity index (χ0v) is 17.6. The first-order valence-electron chi connectivity index (χ1n) is 10.2. The third-order valence-corrected chi connectivity index (χ3v) is 5.46. The summed E-state index contributed by atoms with van der Waals surface area (Å²) in [4.78, 5) is 16.8. The molecule has 4 rings (SSSR count). The van der Waals surface area contributed by atoms with E-state index in [0.29, 0.717) is 37.0 Å². The average Bonchev–Trinajstić information content (AvgIpc) is 2.78. The summed E-state index contributed by atoms with van der Waals surface area (Å²) in [5.41, 5.74) is 1.83. The fourth-order valence-corrected chi connectivity index (χ4v) is 3.74. The van der Waals surface area contributed by atoms with Crippen molar-refractivity contribution in [2.24, 2.45) is 0 Å². The Balaban J connectivity index is 1.13. The summed E-state index contributed by atoms with van der Waals surface area (Å²) in [6.07, 6.45) is 0.342. The van der Waals surface area contributed by atoms with Gasteiger partial charge in [-0.1, -0.05) is 11.6 Å². The summed E-state index contributed by atoms with van der Waals surface area (Å²) in [6, 6.07) is 13.3. The van der Waals surface area contributed by atoms with Crippen LogP contribution in [0.3, 0.4) is 0 Å². The molecule has 0 atom stereocenters. The van der Waals surface area contributed by atoms with E-state index in [0.717, 1.165) is 44.2 Å². The Labute approximate surface area is 181 Å². The number of hydrogen-bond donors (Lipinski definition) is 1. The van der Waals surface area contributed by atoms with Crippen LogP contribution in [0, 0.1) is 0 Å². The van der Waals surface area contributed by atoms with Crippen LogP contribution in [0.4, 0.5) is 16.2 Å². The Morgan fingerprint density at radius 3 is 2.50 bits per heavy atom. The second-order valence-corrected chi connectivity index (χ2v) is 7.71. The lowest BCUT2D eigenvalue weighted by Crippen LogP contribution is -2.46. The third kappa shape index (κ3) is 5.49. The molecule has 0 radical (unpaired) electrons. The molecular weight excluding hydrogens is 406 g/mol. The molecule has 30 heavy (non-hydrogen) atoms. The molecule has 2 aliphatic rings. The van der Waals surface area contributed by atoms with Gasteiger partial charge in [0, 0.05) is 55.2 Å². The van der Waals surface area contributed by atoms with Gasteiger partial charge in [-0.3, -0.25) is 10.2 Å². The van der Waals surface area contributed by atoms with Crippen molar-refractivity contribution in [1.29, 1.82) is 0 Å². The minimum Gasteiger partial charge on any atom is -0.486 e. The number of anilines is 2. The van der Waals surface area contributed by atoms with E-state index in [1.165, 1.54) is 5.69 Å². The smallest absolute Gasteiger partial charge is 0.411 e. The monoisotopic (exact) mass is 431 g/mol. The highest BCUT2D eigenvalue weighted by molar-refractivity contribution is 6.30. The maximum Gasteiger partial charge on any atom is 0.411 e. The minimum atomic E-state index is -0.459. The maximum atomic E-state index is 12.0. The molecule has 8 heteroatoms. The van der Waals surface area contributed by atoms with Crippen molar-refractivity contribution >= 4 is 29.1 Å². The molecule has 0 unspecified atom stereocenters. The van der Waals surface area contributed by atoms with E-state index in [2.05, 4.69) is 27.2 Å². The highest BCUT2D eigenvalue weighted by Crippen LogP contribution is 2.32. The van der Waals surface area contributed by atoms with Gasteiger partial charge in [0.25, 0.3) is 0 Å². The summed E-state index contributed by atoms with van der Waals surface area (Å²) < 4.78 is 16.3. The van der Waals surface area contributed by atoms with Gasteiger partial charge in [0.15, 0.2) is 11.5 Å². The number of fused-ring (bicyclic) bond motifs is 1. The number of carbonyl (C=O) groups excluding carboxylic acids is 1. The lowest BCUT2D eigenvalue weighted by atomic mass is 10.2. The van der Waals surface area contributed by atoms with Crippen LogP contribution in [0.1, 0.15) is 6.42 Å². The van der Waals surface area contributed by atoms with Gasteiger partial charge in [0.1, 0.15) is 13.2 Å². The van der Waals surface area contributed by atoms with Crippen molar-refractivity contribution in [2.45, 2.75) is 6.42 Å². The van der Waals surface area contributed by atoms with Gasteiger partial charge in [-0.2, -0.15) is 0 Å². The average molecular weight is 432 g/mol. The van der Waals surface area contributed by atoms with Crippen molar-refractivity contribution in [3.05, 3.63) is 47.5 Å². The normalized spacial score (nSPS) is 16.2. The lowest BCUT2D eigenvalue weighted by molar-refractivity contribution is 0.151. The Kier molecular flexibility index (Phi) is 6.81. The minimum absolute atomic E-state index is 0.383. The maximum absolute atomic E-state index is 12.0. The number of benzene rings is 2. The van der Waals surface area contributed by atoms with E-state index >= 15 is 0 Å². The molecule has 2 aliphatic heterocycles. The van der Waals surface area contributed by atoms with Crippen molar-refractivity contribution in [1.82, 2.24) is 4.90 Å². The van der Waals surface area contributed by atoms with Crippen LogP contribution in [0.5, 0.6) is 11.5 Å². The molecule has 2 aromatic rings. The fourth-order valence-electron chi connectivity index (χ4n) is 3.61. The molecule has 0 aromatic heterocycles.